The van der Waals surface area contributed by atoms with Crippen molar-refractivity contribution in [1.82, 2.24) is 9.88 Å². The van der Waals surface area contributed by atoms with Crippen molar-refractivity contribution < 1.29 is 9.90 Å². The highest BCUT2D eigenvalue weighted by Crippen LogP contribution is 2.18. The summed E-state index contributed by atoms with van der Waals surface area (Å²) in [6, 6.07) is 1.59. The van der Waals surface area contributed by atoms with E-state index in [2.05, 4.69) is 4.98 Å². The van der Waals surface area contributed by atoms with Gasteiger partial charge in [0.05, 0.1) is 16.7 Å². The normalized spacial score (nSPS) is 20.7. The molecule has 15 heavy (non-hydrogen) atoms. The second-order valence-electron chi connectivity index (χ2n) is 3.55. The lowest BCUT2D eigenvalue weighted by molar-refractivity contribution is 0.0765. The Bertz CT molecular complexity index is 383. The topological polar surface area (TPSA) is 53.4 Å². The SMILES string of the molecule is O=C(c1ccncc1Cl)N1CC[C@@H](O)C1. The number of aromatic nitrogens is 1. The quantitative estimate of drug-likeness (QED) is 0.776. The molecule has 1 saturated heterocycles. The van der Waals surface area contributed by atoms with Gasteiger partial charge in [-0.25, -0.2) is 0 Å². The van der Waals surface area contributed by atoms with Gasteiger partial charge in [0, 0.05) is 25.5 Å². The second-order valence-corrected chi connectivity index (χ2v) is 3.96. The number of aliphatic hydroxyl groups is 1. The van der Waals surface area contributed by atoms with Crippen molar-refractivity contribution in [1.29, 1.82) is 0 Å². The highest BCUT2D eigenvalue weighted by molar-refractivity contribution is 6.33. The molecular weight excluding hydrogens is 216 g/mol. The molecule has 0 radical (unpaired) electrons. The molecule has 5 heteroatoms. The number of hydrogen-bond acceptors (Lipinski definition) is 3. The molecule has 1 aliphatic rings. The lowest BCUT2D eigenvalue weighted by Gasteiger charge is -2.15. The van der Waals surface area contributed by atoms with E-state index in [4.69, 9.17) is 11.6 Å². The van der Waals surface area contributed by atoms with Gasteiger partial charge in [-0.05, 0) is 12.5 Å². The third-order valence-electron chi connectivity index (χ3n) is 2.45. The fourth-order valence-electron chi connectivity index (χ4n) is 1.65. The van der Waals surface area contributed by atoms with E-state index in [0.29, 0.717) is 30.1 Å². The van der Waals surface area contributed by atoms with Crippen LogP contribution in [-0.2, 0) is 0 Å². The van der Waals surface area contributed by atoms with Crippen LogP contribution in [0.4, 0.5) is 0 Å². The zero-order valence-corrected chi connectivity index (χ0v) is 8.81. The van der Waals surface area contributed by atoms with Gasteiger partial charge in [-0.1, -0.05) is 11.6 Å². The van der Waals surface area contributed by atoms with Gasteiger partial charge in [0.25, 0.3) is 5.91 Å². The molecule has 1 aromatic rings. The Morgan fingerprint density at radius 2 is 2.47 bits per heavy atom. The first-order valence-corrected chi connectivity index (χ1v) is 5.13. The number of β-amino-alcohol motifs (C(OH)–C–C–N with tert-alkyl or cyclic N) is 1. The number of likely N-dealkylation sites (tertiary alicyclic amines) is 1. The molecule has 0 bridgehead atoms. The molecule has 0 aromatic carbocycles. The molecule has 1 amide bonds. The Morgan fingerprint density at radius 1 is 1.67 bits per heavy atom. The van der Waals surface area contributed by atoms with Crippen molar-refractivity contribution >= 4 is 17.5 Å². The summed E-state index contributed by atoms with van der Waals surface area (Å²) in [5.41, 5.74) is 0.445. The number of hydrogen-bond donors (Lipinski definition) is 1. The van der Waals surface area contributed by atoms with E-state index >= 15 is 0 Å². The third-order valence-corrected chi connectivity index (χ3v) is 2.75. The van der Waals surface area contributed by atoms with Crippen LogP contribution in [-0.4, -0.2) is 40.1 Å². The molecule has 2 rings (SSSR count). The number of pyridine rings is 1. The van der Waals surface area contributed by atoms with Crippen molar-refractivity contribution in [3.05, 3.63) is 29.0 Å². The minimum atomic E-state index is -0.408. The summed E-state index contributed by atoms with van der Waals surface area (Å²) in [7, 11) is 0. The van der Waals surface area contributed by atoms with Crippen molar-refractivity contribution in [2.45, 2.75) is 12.5 Å². The van der Waals surface area contributed by atoms with Crippen molar-refractivity contribution in [2.75, 3.05) is 13.1 Å². The maximum absolute atomic E-state index is 11.9. The van der Waals surface area contributed by atoms with Crippen molar-refractivity contribution in [3.63, 3.8) is 0 Å². The van der Waals surface area contributed by atoms with Gasteiger partial charge in [0.15, 0.2) is 0 Å². The number of nitrogens with zero attached hydrogens (tertiary/aromatic N) is 2. The molecule has 4 nitrogen and oxygen atoms in total. The predicted molar refractivity (Wildman–Crippen MR) is 55.8 cm³/mol. The smallest absolute Gasteiger partial charge is 0.255 e. The minimum Gasteiger partial charge on any atom is -0.391 e. The van der Waals surface area contributed by atoms with Crippen LogP contribution in [0.3, 0.4) is 0 Å². The van der Waals surface area contributed by atoms with E-state index in [0.717, 1.165) is 0 Å². The molecule has 1 aromatic heterocycles. The summed E-state index contributed by atoms with van der Waals surface area (Å²) in [4.78, 5) is 17.3. The van der Waals surface area contributed by atoms with E-state index in [9.17, 15) is 9.90 Å². The Hall–Kier alpha value is -1.13. The standard InChI is InChI=1S/C10H11ClN2O2/c11-9-5-12-3-1-8(9)10(15)13-4-2-7(14)6-13/h1,3,5,7,14H,2,4,6H2/t7-/m1/s1. The van der Waals surface area contributed by atoms with Crippen LogP contribution in [0, 0.1) is 0 Å². The maximum atomic E-state index is 11.9. The van der Waals surface area contributed by atoms with Gasteiger partial charge in [-0.3, -0.25) is 9.78 Å². The number of carbonyl (C=O) groups excluding carboxylic acids is 1. The Labute approximate surface area is 92.5 Å². The van der Waals surface area contributed by atoms with Gasteiger partial charge in [0.2, 0.25) is 0 Å². The van der Waals surface area contributed by atoms with Crippen LogP contribution in [0.1, 0.15) is 16.8 Å². The number of amides is 1. The molecule has 0 spiro atoms. The fraction of sp³-hybridized carbons (Fsp3) is 0.400. The van der Waals surface area contributed by atoms with E-state index in [-0.39, 0.29) is 5.91 Å². The maximum Gasteiger partial charge on any atom is 0.255 e. The Balaban J connectivity index is 2.18. The van der Waals surface area contributed by atoms with Crippen molar-refractivity contribution in [2.24, 2.45) is 0 Å². The van der Waals surface area contributed by atoms with Crippen LogP contribution in [0.5, 0.6) is 0 Å². The fourth-order valence-corrected chi connectivity index (χ4v) is 1.85. The van der Waals surface area contributed by atoms with E-state index in [1.807, 2.05) is 0 Å². The first-order valence-electron chi connectivity index (χ1n) is 4.75. The number of aliphatic hydroxyl groups excluding tert-OH is 1. The molecule has 2 heterocycles. The number of carbonyl (C=O) groups is 1. The van der Waals surface area contributed by atoms with E-state index in [1.54, 1.807) is 11.0 Å². The summed E-state index contributed by atoms with van der Waals surface area (Å²) in [6.07, 6.45) is 3.20. The molecule has 0 saturated carbocycles. The summed E-state index contributed by atoms with van der Waals surface area (Å²) in [5.74, 6) is -0.140. The second kappa shape index (κ2) is 4.16. The zero-order chi connectivity index (χ0) is 10.8. The summed E-state index contributed by atoms with van der Waals surface area (Å²) in [5, 5.41) is 9.68. The lowest BCUT2D eigenvalue weighted by atomic mass is 10.2. The number of rotatable bonds is 1. The summed E-state index contributed by atoms with van der Waals surface area (Å²) >= 11 is 5.86. The third kappa shape index (κ3) is 2.11. The molecule has 1 N–H and O–H groups in total. The molecule has 1 atom stereocenters. The van der Waals surface area contributed by atoms with E-state index < -0.39 is 6.10 Å². The van der Waals surface area contributed by atoms with Crippen LogP contribution in [0.2, 0.25) is 5.02 Å². The van der Waals surface area contributed by atoms with Gasteiger partial charge in [-0.2, -0.15) is 0 Å². The number of halogens is 1. The van der Waals surface area contributed by atoms with Gasteiger partial charge in [0.1, 0.15) is 0 Å². The molecule has 80 valence electrons. The average Bonchev–Trinajstić information content (AvgIpc) is 2.65. The highest BCUT2D eigenvalue weighted by Gasteiger charge is 2.26. The van der Waals surface area contributed by atoms with Gasteiger partial charge in [-0.15, -0.1) is 0 Å². The molecule has 0 aliphatic carbocycles. The predicted octanol–water partition coefficient (Wildman–Crippen LogP) is 0.942. The largest absolute Gasteiger partial charge is 0.391 e. The molecule has 1 aliphatic heterocycles. The van der Waals surface area contributed by atoms with Gasteiger partial charge >= 0.3 is 0 Å². The van der Waals surface area contributed by atoms with Gasteiger partial charge < -0.3 is 10.0 Å². The average molecular weight is 227 g/mol. The van der Waals surface area contributed by atoms with Crippen LogP contribution >= 0.6 is 11.6 Å². The summed E-state index contributed by atoms with van der Waals surface area (Å²) < 4.78 is 0. The Kier molecular flexibility index (Phi) is 2.88. The highest BCUT2D eigenvalue weighted by atomic mass is 35.5. The monoisotopic (exact) mass is 226 g/mol. The summed E-state index contributed by atoms with van der Waals surface area (Å²) in [6.45, 7) is 0.968. The Morgan fingerprint density at radius 3 is 3.07 bits per heavy atom. The van der Waals surface area contributed by atoms with Crippen LogP contribution in [0.25, 0.3) is 0 Å². The molecular formula is C10H11ClN2O2. The van der Waals surface area contributed by atoms with Crippen LogP contribution in [0.15, 0.2) is 18.5 Å². The van der Waals surface area contributed by atoms with E-state index in [1.165, 1.54) is 12.4 Å². The molecule has 0 unspecified atom stereocenters. The van der Waals surface area contributed by atoms with Crippen LogP contribution < -0.4 is 0 Å². The molecule has 1 fully saturated rings. The zero-order valence-electron chi connectivity index (χ0n) is 8.06. The first-order chi connectivity index (χ1) is 7.18. The van der Waals surface area contributed by atoms with Crippen molar-refractivity contribution in [3.8, 4) is 0 Å². The first kappa shape index (κ1) is 10.4. The lowest BCUT2D eigenvalue weighted by Crippen LogP contribution is -2.29. The minimum absolute atomic E-state index is 0.140.